The second-order valence-corrected chi connectivity index (χ2v) is 20.0. The molecule has 15 atom stereocenters. The molecule has 0 spiro atoms. The average molecular weight is 1020 g/mol. The molecule has 7 rings (SSSR count). The van der Waals surface area contributed by atoms with Crippen molar-refractivity contribution in [2.75, 3.05) is 14.2 Å². The number of ether oxygens (including phenoxy) is 7. The zero-order valence-corrected chi connectivity index (χ0v) is 42.3. The van der Waals surface area contributed by atoms with E-state index in [1.54, 1.807) is 37.6 Å². The molecule has 4 fully saturated rings. The van der Waals surface area contributed by atoms with Crippen LogP contribution in [0.3, 0.4) is 0 Å². The molecule has 0 amide bonds. The Kier molecular flexibility index (Phi) is 18.9. The number of aromatic nitrogens is 2. The van der Waals surface area contributed by atoms with Crippen molar-refractivity contribution in [2.24, 2.45) is 11.8 Å². The summed E-state index contributed by atoms with van der Waals surface area (Å²) in [5.74, 6) is -1.95. The van der Waals surface area contributed by atoms with E-state index in [1.165, 1.54) is 12.3 Å². The summed E-state index contributed by atoms with van der Waals surface area (Å²) in [6.07, 6.45) is 19.5. The minimum absolute atomic E-state index is 0.0830. The Balaban J connectivity index is 1.06. The van der Waals surface area contributed by atoms with Crippen LogP contribution in [0.4, 0.5) is 0 Å². The molecule has 2 aromatic rings. The van der Waals surface area contributed by atoms with Crippen molar-refractivity contribution in [3.63, 3.8) is 0 Å². The summed E-state index contributed by atoms with van der Waals surface area (Å²) in [5.41, 5.74) is 3.86. The number of oxazole rings is 2. The first-order valence-electron chi connectivity index (χ1n) is 24.3. The van der Waals surface area contributed by atoms with Crippen molar-refractivity contribution in [2.45, 2.75) is 177 Å². The molecule has 3 N–H and O–H groups in total. The van der Waals surface area contributed by atoms with Crippen LogP contribution in [0.15, 0.2) is 92.2 Å². The number of aliphatic hydroxyl groups is 3. The van der Waals surface area contributed by atoms with E-state index in [-0.39, 0.29) is 67.2 Å². The Morgan fingerprint density at radius 1 is 0.986 bits per heavy atom. The van der Waals surface area contributed by atoms with E-state index in [4.69, 9.17) is 52.0 Å². The Hall–Kier alpha value is -3.81. The first kappa shape index (κ1) is 53.0. The molecule has 378 valence electrons. The highest BCUT2D eigenvalue weighted by molar-refractivity contribution is 9.11. The van der Waals surface area contributed by atoms with Crippen molar-refractivity contribution < 1.29 is 62.1 Å². The normalized spacial score (nSPS) is 36.1. The summed E-state index contributed by atoms with van der Waals surface area (Å²) in [7, 11) is 3.22. The van der Waals surface area contributed by atoms with E-state index in [0.29, 0.717) is 75.1 Å². The van der Waals surface area contributed by atoms with Crippen LogP contribution >= 0.6 is 15.9 Å². The highest BCUT2D eigenvalue weighted by Crippen LogP contribution is 2.40. The predicted molar refractivity (Wildman–Crippen MR) is 261 cm³/mol. The van der Waals surface area contributed by atoms with Gasteiger partial charge in [0.25, 0.3) is 0 Å². The van der Waals surface area contributed by atoms with Crippen LogP contribution in [0.25, 0.3) is 12.2 Å². The van der Waals surface area contributed by atoms with E-state index in [1.807, 2.05) is 64.2 Å². The number of allylic oxidation sites excluding steroid dienone is 2. The fourth-order valence-corrected chi connectivity index (χ4v) is 10.6. The van der Waals surface area contributed by atoms with Crippen LogP contribution < -0.4 is 0 Å². The number of carbonyl (C=O) groups excluding carboxylic acids is 1. The molecular formula is C53H71BrN2O13. The van der Waals surface area contributed by atoms with Gasteiger partial charge in [-0.15, -0.1) is 0 Å². The molecule has 0 saturated carbocycles. The van der Waals surface area contributed by atoms with Gasteiger partial charge in [0, 0.05) is 57.8 Å². The lowest BCUT2D eigenvalue weighted by Gasteiger charge is -2.44. The number of aliphatic hydroxyl groups excluding tert-OH is 2. The molecule has 1 unspecified atom stereocenters. The number of methoxy groups -OCH3 is 2. The van der Waals surface area contributed by atoms with Crippen molar-refractivity contribution >= 4 is 34.1 Å². The minimum Gasteiger partial charge on any atom is -0.458 e. The van der Waals surface area contributed by atoms with E-state index < -0.39 is 48.4 Å². The van der Waals surface area contributed by atoms with E-state index in [2.05, 4.69) is 22.5 Å². The molecular weight excluding hydrogens is 952 g/mol. The van der Waals surface area contributed by atoms with Crippen molar-refractivity contribution in [3.05, 3.63) is 107 Å². The molecule has 8 bridgehead atoms. The van der Waals surface area contributed by atoms with Crippen molar-refractivity contribution in [1.29, 1.82) is 0 Å². The molecule has 16 heteroatoms. The Morgan fingerprint density at radius 2 is 1.78 bits per heavy atom. The fraction of sp³-hybridized carbons (Fsp3) is 0.604. The van der Waals surface area contributed by atoms with Crippen LogP contribution in [0.5, 0.6) is 0 Å². The average Bonchev–Trinajstić information content (AvgIpc) is 3.96. The summed E-state index contributed by atoms with van der Waals surface area (Å²) in [6, 6.07) is 0. The second kappa shape index (κ2) is 24.5. The Morgan fingerprint density at radius 3 is 2.57 bits per heavy atom. The summed E-state index contributed by atoms with van der Waals surface area (Å²) in [5, 5.41) is 33.9. The topological polar surface area (TPSA) is 194 Å². The van der Waals surface area contributed by atoms with Gasteiger partial charge in [0.1, 0.15) is 36.1 Å². The SMILES string of the molecule is C=C1C[C@@H]2C[C@@H]3C[C@@H](O)C[C@@H](O3)c3coc(n3)/C=C/C[C@H]3OC(/C(C)=C/c4coc(C[C@]5(O)C[C@H](OC)C[C@H]([C@H](O)/C=C(C)/C=C/[C@@H](C/C=C/Br)OC)O5)n4)[C@H](C)[C@@H](OC(=O)/C=C\C[C@@H](C1)O2)[C@H]3C. The van der Waals surface area contributed by atoms with Crippen LogP contribution in [-0.2, 0) is 44.4 Å². The van der Waals surface area contributed by atoms with Gasteiger partial charge in [-0.3, -0.25) is 0 Å². The van der Waals surface area contributed by atoms with Gasteiger partial charge in [-0.1, -0.05) is 84.0 Å². The lowest BCUT2D eigenvalue weighted by atomic mass is 9.79. The number of fused-ring (bicyclic) bond motifs is 9. The third-order valence-corrected chi connectivity index (χ3v) is 14.2. The fourth-order valence-electron chi connectivity index (χ4n) is 10.4. The summed E-state index contributed by atoms with van der Waals surface area (Å²) >= 11 is 3.28. The number of nitrogens with zero attached hydrogens (tertiary/aromatic N) is 2. The van der Waals surface area contributed by atoms with Gasteiger partial charge in [-0.2, -0.15) is 0 Å². The summed E-state index contributed by atoms with van der Waals surface area (Å²) in [6.45, 7) is 12.2. The number of hydrogen-bond acceptors (Lipinski definition) is 15. The lowest BCUT2D eigenvalue weighted by molar-refractivity contribution is -0.286. The zero-order valence-electron chi connectivity index (χ0n) is 40.7. The second-order valence-electron chi connectivity index (χ2n) is 19.5. The molecule has 0 aliphatic carbocycles. The maximum absolute atomic E-state index is 13.6. The third kappa shape index (κ3) is 14.6. The molecule has 0 aromatic carbocycles. The number of halogens is 1. The molecule has 0 radical (unpaired) electrons. The highest BCUT2D eigenvalue weighted by atomic mass is 79.9. The number of rotatable bonds is 12. The van der Waals surface area contributed by atoms with Gasteiger partial charge < -0.3 is 57.3 Å². The molecule has 2 aromatic heterocycles. The Bertz CT molecular complexity index is 2210. The highest BCUT2D eigenvalue weighted by Gasteiger charge is 2.45. The molecule has 4 saturated heterocycles. The van der Waals surface area contributed by atoms with Crippen LogP contribution in [0, 0.1) is 11.8 Å². The quantitative estimate of drug-likeness (QED) is 0.104. The number of hydrogen-bond donors (Lipinski definition) is 3. The van der Waals surface area contributed by atoms with Crippen molar-refractivity contribution in [1.82, 2.24) is 9.97 Å². The van der Waals surface area contributed by atoms with Crippen LogP contribution in [0.1, 0.15) is 121 Å². The molecule has 15 nitrogen and oxygen atoms in total. The third-order valence-electron chi connectivity index (χ3n) is 13.9. The van der Waals surface area contributed by atoms with Crippen LogP contribution in [0.2, 0.25) is 0 Å². The first-order chi connectivity index (χ1) is 33.1. The summed E-state index contributed by atoms with van der Waals surface area (Å²) in [4.78, 5) is 24.8. The molecule has 5 aliphatic heterocycles. The molecule has 5 aliphatic rings. The predicted octanol–water partition coefficient (Wildman–Crippen LogP) is 8.76. The zero-order chi connectivity index (χ0) is 49.2. The van der Waals surface area contributed by atoms with E-state index in [9.17, 15) is 20.1 Å². The largest absolute Gasteiger partial charge is 0.458 e. The summed E-state index contributed by atoms with van der Waals surface area (Å²) < 4.78 is 55.2. The maximum Gasteiger partial charge on any atom is 0.330 e. The lowest BCUT2D eigenvalue weighted by Crippen LogP contribution is -2.51. The first-order valence-corrected chi connectivity index (χ1v) is 25.2. The van der Waals surface area contributed by atoms with Crippen LogP contribution in [-0.4, -0.2) is 118 Å². The molecule has 69 heavy (non-hydrogen) atoms. The Labute approximate surface area is 414 Å². The van der Waals surface area contributed by atoms with Gasteiger partial charge in [-0.05, 0) is 75.1 Å². The van der Waals surface area contributed by atoms with E-state index >= 15 is 0 Å². The smallest absolute Gasteiger partial charge is 0.330 e. The minimum atomic E-state index is -1.73. The standard InChI is InChI=1S/C53H71BrN2O13/c1-31(16-17-38(61-6)12-10-18-54)21-44(58)47-26-42(62-7)27-53(60,69-47)28-49-55-36(29-63-49)22-33(3)51-35(5)52-34(4)45(67-51)13-9-14-48-56-43(30-64-48)46-24-37(57)23-41(66-46)25-40-20-32(2)19-39(65-40)11-8-15-50(59)68-52/h8-10,14-18,21-22,29-30,34-35,37-42,44-47,51-52,57-58,60H,2,11-13,19-20,23-28H2,1,3-7H3/b14-9+,15-8-,17-16+,18-10+,31-21+,33-22+/t34-,35-,37+,38+,39-,40+,41-,42+,44+,45+,46+,47+,51?,52-,53-/m0/s1. The van der Waals surface area contributed by atoms with Gasteiger partial charge in [0.2, 0.25) is 5.89 Å². The van der Waals surface area contributed by atoms with E-state index in [0.717, 1.165) is 16.7 Å². The molecule has 7 heterocycles. The number of carbonyl (C=O) groups is 1. The van der Waals surface area contributed by atoms with Gasteiger partial charge in [-0.25, -0.2) is 14.8 Å². The monoisotopic (exact) mass is 1020 g/mol. The van der Waals surface area contributed by atoms with Gasteiger partial charge >= 0.3 is 5.97 Å². The number of esters is 1. The van der Waals surface area contributed by atoms with Gasteiger partial charge in [0.05, 0.1) is 67.5 Å². The van der Waals surface area contributed by atoms with Crippen molar-refractivity contribution in [3.8, 4) is 0 Å². The van der Waals surface area contributed by atoms with Gasteiger partial charge in [0.15, 0.2) is 11.7 Å². The maximum atomic E-state index is 13.6.